The van der Waals surface area contributed by atoms with Gasteiger partial charge in [-0.25, -0.2) is 4.79 Å². The minimum Gasteiger partial charge on any atom is -0.503 e. The van der Waals surface area contributed by atoms with Crippen molar-refractivity contribution in [1.82, 2.24) is 9.88 Å². The number of carbonyl (C=O) groups is 2. The summed E-state index contributed by atoms with van der Waals surface area (Å²) in [6, 6.07) is 1.28. The second kappa shape index (κ2) is 13.7. The highest BCUT2D eigenvalue weighted by atomic mass is 35.5. The van der Waals surface area contributed by atoms with Crippen molar-refractivity contribution in [2.24, 2.45) is 5.92 Å². The highest BCUT2D eigenvalue weighted by Crippen LogP contribution is 2.46. The van der Waals surface area contributed by atoms with Crippen molar-refractivity contribution < 1.29 is 29.3 Å². The predicted molar refractivity (Wildman–Crippen MR) is 147 cm³/mol. The second-order valence-corrected chi connectivity index (χ2v) is 9.12. The summed E-state index contributed by atoms with van der Waals surface area (Å²) in [6.45, 7) is 10.4. The van der Waals surface area contributed by atoms with Crippen molar-refractivity contribution in [3.63, 3.8) is 0 Å². The summed E-state index contributed by atoms with van der Waals surface area (Å²) in [5.74, 6) is -1.20. The number of carbonyl (C=O) groups excluding carboxylic acids is 1. The Hall–Kier alpha value is -2.75. The molecule has 0 saturated carbocycles. The average molecular weight is 562 g/mol. The van der Waals surface area contributed by atoms with Crippen molar-refractivity contribution in [3.05, 3.63) is 50.4 Å². The van der Waals surface area contributed by atoms with Crippen LogP contribution in [0.15, 0.2) is 17.1 Å². The number of aliphatic carboxylic acids is 1. The van der Waals surface area contributed by atoms with Crippen LogP contribution in [0.3, 0.4) is 0 Å². The largest absolute Gasteiger partial charge is 0.503 e. The first-order valence-corrected chi connectivity index (χ1v) is 11.5. The lowest BCUT2D eigenvalue weighted by Gasteiger charge is -2.41. The van der Waals surface area contributed by atoms with E-state index in [9.17, 15) is 24.6 Å². The molecule has 1 aromatic heterocycles. The van der Waals surface area contributed by atoms with E-state index in [0.29, 0.717) is 36.6 Å². The molecule has 3 rings (SSSR count). The molecule has 208 valence electrons. The Balaban J connectivity index is 0.00000247. The third-order valence-corrected chi connectivity index (χ3v) is 6.66. The van der Waals surface area contributed by atoms with Crippen LogP contribution in [0.25, 0.3) is 0 Å². The fourth-order valence-electron chi connectivity index (χ4n) is 4.37. The summed E-state index contributed by atoms with van der Waals surface area (Å²) in [6.07, 6.45) is 2.44. The molecule has 1 aliphatic heterocycles. The Bertz CT molecular complexity index is 1200. The number of ether oxygens (including phenoxy) is 2. The molecule has 2 heterocycles. The van der Waals surface area contributed by atoms with Crippen molar-refractivity contribution in [2.45, 2.75) is 66.5 Å². The van der Waals surface area contributed by atoms with Crippen LogP contribution in [0.4, 0.5) is 0 Å². The molecule has 0 bridgehead atoms. The Kier molecular flexibility index (Phi) is 12.7. The number of nitrogens with zero attached hydrogens (tertiary/aromatic N) is 1. The van der Waals surface area contributed by atoms with Gasteiger partial charge in [0, 0.05) is 37.2 Å². The van der Waals surface area contributed by atoms with E-state index in [1.165, 1.54) is 13.0 Å². The number of aryl methyl sites for hydroxylation is 1. The number of aromatic hydroxyl groups is 1. The maximum atomic E-state index is 12.3. The number of halogens is 2. The summed E-state index contributed by atoms with van der Waals surface area (Å²) in [5, 5.41) is 22.7. The van der Waals surface area contributed by atoms with Crippen molar-refractivity contribution >= 4 is 36.8 Å². The van der Waals surface area contributed by atoms with Crippen LogP contribution < -0.4 is 20.2 Å². The molecule has 9 nitrogen and oxygen atoms in total. The van der Waals surface area contributed by atoms with Gasteiger partial charge in [0.1, 0.15) is 11.5 Å². The van der Waals surface area contributed by atoms with Gasteiger partial charge in [-0.15, -0.1) is 24.8 Å². The predicted octanol–water partition coefficient (Wildman–Crippen LogP) is 3.88. The van der Waals surface area contributed by atoms with E-state index in [1.54, 1.807) is 24.6 Å². The SMILES string of the molecule is CC(=O)Oc1c(C)c(C)c2c(c1C)CC(CCn1ccc(=O)c(O)c1C)C(C)(C(=O)O)O2.CNC.Cl.Cl. The van der Waals surface area contributed by atoms with Gasteiger partial charge in [0.25, 0.3) is 0 Å². The van der Waals surface area contributed by atoms with E-state index < -0.39 is 28.9 Å². The number of hydrogen-bond acceptors (Lipinski definition) is 7. The van der Waals surface area contributed by atoms with Gasteiger partial charge in [0.2, 0.25) is 11.0 Å². The number of esters is 1. The summed E-state index contributed by atoms with van der Waals surface area (Å²) >= 11 is 0. The molecule has 1 aliphatic rings. The molecule has 2 unspecified atom stereocenters. The molecular formula is C26H38Cl2N2O7. The van der Waals surface area contributed by atoms with Crippen molar-refractivity contribution in [3.8, 4) is 17.2 Å². The number of nitrogens with one attached hydrogen (secondary N) is 1. The molecule has 0 saturated heterocycles. The molecule has 3 N–H and O–H groups in total. The summed E-state index contributed by atoms with van der Waals surface area (Å²) in [5.41, 5.74) is 1.57. The third kappa shape index (κ3) is 6.97. The van der Waals surface area contributed by atoms with Gasteiger partial charge in [-0.1, -0.05) is 0 Å². The van der Waals surface area contributed by atoms with E-state index in [4.69, 9.17) is 9.47 Å². The minimum atomic E-state index is -1.46. The number of benzene rings is 1. The minimum absolute atomic E-state index is 0. The first-order valence-electron chi connectivity index (χ1n) is 11.5. The molecule has 0 spiro atoms. The molecule has 2 atom stereocenters. The van der Waals surface area contributed by atoms with E-state index in [2.05, 4.69) is 5.32 Å². The topological polar surface area (TPSA) is 127 Å². The number of rotatable bonds is 5. The van der Waals surface area contributed by atoms with Gasteiger partial charge < -0.3 is 29.6 Å². The molecule has 0 fully saturated rings. The van der Waals surface area contributed by atoms with Crippen molar-refractivity contribution in [1.29, 1.82) is 0 Å². The van der Waals surface area contributed by atoms with Crippen LogP contribution in [-0.4, -0.2) is 46.4 Å². The van der Waals surface area contributed by atoms with Crippen molar-refractivity contribution in [2.75, 3.05) is 14.1 Å². The zero-order chi connectivity index (χ0) is 26.7. The standard InChI is InChI=1S/C24H29NO7.C2H7N.2ClH/c1-12-13(2)22-18(14(3)21(12)31-16(5)26)11-17(24(6,32-22)23(29)30)7-9-25-10-8-19(27)20(28)15(25)4;1-3-2;;/h8,10,17,28H,7,9,11H2,1-6H3,(H,29,30);3H,1-2H3;2*1H. The Morgan fingerprint density at radius 1 is 1.16 bits per heavy atom. The van der Waals surface area contributed by atoms with Crippen LogP contribution in [0.5, 0.6) is 17.2 Å². The van der Waals surface area contributed by atoms with Gasteiger partial charge in [-0.2, -0.15) is 0 Å². The van der Waals surface area contributed by atoms with Crippen LogP contribution >= 0.6 is 24.8 Å². The average Bonchev–Trinajstić information content (AvgIpc) is 2.79. The number of aromatic nitrogens is 1. The van der Waals surface area contributed by atoms with Crippen LogP contribution in [0.1, 0.15) is 48.2 Å². The normalized spacial score (nSPS) is 17.6. The van der Waals surface area contributed by atoms with Crippen LogP contribution in [-0.2, 0) is 22.6 Å². The molecular weight excluding hydrogens is 523 g/mol. The van der Waals surface area contributed by atoms with Crippen LogP contribution in [0, 0.1) is 33.6 Å². The molecule has 0 aliphatic carbocycles. The molecule has 37 heavy (non-hydrogen) atoms. The van der Waals surface area contributed by atoms with E-state index >= 15 is 0 Å². The maximum Gasteiger partial charge on any atom is 0.348 e. The second-order valence-electron chi connectivity index (χ2n) is 9.12. The quantitative estimate of drug-likeness (QED) is 0.371. The Labute approximate surface area is 230 Å². The summed E-state index contributed by atoms with van der Waals surface area (Å²) in [4.78, 5) is 35.5. The smallest absolute Gasteiger partial charge is 0.348 e. The van der Waals surface area contributed by atoms with Crippen LogP contribution in [0.2, 0.25) is 0 Å². The van der Waals surface area contributed by atoms with E-state index in [0.717, 1.165) is 22.3 Å². The maximum absolute atomic E-state index is 12.3. The fourth-order valence-corrected chi connectivity index (χ4v) is 4.37. The number of fused-ring (bicyclic) bond motifs is 1. The monoisotopic (exact) mass is 560 g/mol. The first kappa shape index (κ1) is 34.2. The molecule has 2 aromatic rings. The van der Waals surface area contributed by atoms with Gasteiger partial charge in [-0.05, 0) is 78.2 Å². The molecule has 0 radical (unpaired) electrons. The number of carboxylic acids is 1. The lowest BCUT2D eigenvalue weighted by atomic mass is 9.77. The lowest BCUT2D eigenvalue weighted by Crippen LogP contribution is -2.52. The molecule has 0 amide bonds. The highest BCUT2D eigenvalue weighted by Gasteiger charge is 2.48. The van der Waals surface area contributed by atoms with Gasteiger partial charge in [-0.3, -0.25) is 9.59 Å². The molecule has 1 aromatic carbocycles. The number of hydrogen-bond donors (Lipinski definition) is 3. The Morgan fingerprint density at radius 2 is 1.73 bits per heavy atom. The third-order valence-electron chi connectivity index (χ3n) is 6.66. The fraction of sp³-hybridized carbons (Fsp3) is 0.500. The number of carboxylic acid groups (broad SMARTS) is 1. The Morgan fingerprint density at radius 3 is 2.24 bits per heavy atom. The number of pyridine rings is 1. The summed E-state index contributed by atoms with van der Waals surface area (Å²) in [7, 11) is 3.75. The van der Waals surface area contributed by atoms with Gasteiger partial charge >= 0.3 is 11.9 Å². The van der Waals surface area contributed by atoms with Gasteiger partial charge in [0.15, 0.2) is 5.75 Å². The molecule has 11 heteroatoms. The van der Waals surface area contributed by atoms with E-state index in [-0.39, 0.29) is 30.6 Å². The van der Waals surface area contributed by atoms with Gasteiger partial charge in [0.05, 0.1) is 5.69 Å². The zero-order valence-electron chi connectivity index (χ0n) is 22.6. The van der Waals surface area contributed by atoms with E-state index in [1.807, 2.05) is 34.9 Å². The lowest BCUT2D eigenvalue weighted by molar-refractivity contribution is -0.160. The summed E-state index contributed by atoms with van der Waals surface area (Å²) < 4.78 is 13.3. The highest BCUT2D eigenvalue weighted by molar-refractivity contribution is 5.85. The zero-order valence-corrected chi connectivity index (χ0v) is 24.2. The first-order chi connectivity index (χ1) is 16.3.